The average molecular weight is 193 g/mol. The highest BCUT2D eigenvalue weighted by Gasteiger charge is 2.36. The molecule has 2 atom stereocenters. The van der Waals surface area contributed by atoms with Crippen LogP contribution in [0, 0.1) is 29.6 Å². The first-order valence-corrected chi connectivity index (χ1v) is 5.54. The molecule has 0 bridgehead atoms. The van der Waals surface area contributed by atoms with Crippen LogP contribution in [0.5, 0.6) is 0 Å². The second-order valence-electron chi connectivity index (χ2n) is 4.73. The lowest BCUT2D eigenvalue weighted by Gasteiger charge is -2.12. The fraction of sp³-hybridized carbons (Fsp3) is 0.833. The Labute approximate surface area is 86.6 Å². The van der Waals surface area contributed by atoms with Gasteiger partial charge in [0, 0.05) is 30.8 Å². The third kappa shape index (κ3) is 2.29. The quantitative estimate of drug-likeness (QED) is 0.581. The van der Waals surface area contributed by atoms with E-state index >= 15 is 0 Å². The lowest BCUT2D eigenvalue weighted by Crippen LogP contribution is -2.23. The van der Waals surface area contributed by atoms with Crippen LogP contribution in [-0.4, -0.2) is 37.7 Å². The molecule has 0 aromatic rings. The topological polar surface area (TPSA) is 12.5 Å². The van der Waals surface area contributed by atoms with Crippen molar-refractivity contribution in [3.8, 4) is 11.8 Å². The molecule has 0 N–H and O–H groups in total. The minimum absolute atomic E-state index is 0.500. The van der Waals surface area contributed by atoms with Crippen molar-refractivity contribution in [1.82, 2.24) is 4.90 Å². The Morgan fingerprint density at radius 2 is 1.93 bits per heavy atom. The maximum Gasteiger partial charge on any atom is 0.0601 e. The van der Waals surface area contributed by atoms with Gasteiger partial charge in [0.1, 0.15) is 0 Å². The summed E-state index contributed by atoms with van der Waals surface area (Å²) in [4.78, 5) is 2.47. The first kappa shape index (κ1) is 10.0. The number of rotatable bonds is 1. The zero-order chi connectivity index (χ0) is 9.97. The van der Waals surface area contributed by atoms with Gasteiger partial charge in [-0.1, -0.05) is 25.7 Å². The summed E-state index contributed by atoms with van der Waals surface area (Å²) < 4.78 is 5.44. The van der Waals surface area contributed by atoms with Crippen molar-refractivity contribution in [1.29, 1.82) is 0 Å². The van der Waals surface area contributed by atoms with E-state index in [1.807, 2.05) is 0 Å². The Balaban J connectivity index is 1.77. The van der Waals surface area contributed by atoms with Gasteiger partial charge >= 0.3 is 0 Å². The second kappa shape index (κ2) is 4.33. The molecule has 2 unspecified atom stereocenters. The molecular formula is C12H19NO. The lowest BCUT2D eigenvalue weighted by atomic mass is 10.0. The maximum atomic E-state index is 5.44. The predicted molar refractivity (Wildman–Crippen MR) is 56.9 cm³/mol. The predicted octanol–water partition coefficient (Wildman–Crippen LogP) is 1.22. The van der Waals surface area contributed by atoms with E-state index in [0.717, 1.165) is 31.6 Å². The summed E-state index contributed by atoms with van der Waals surface area (Å²) in [6.07, 6.45) is 0. The van der Waals surface area contributed by atoms with E-state index in [4.69, 9.17) is 4.74 Å². The molecule has 0 amide bonds. The van der Waals surface area contributed by atoms with Gasteiger partial charge < -0.3 is 4.74 Å². The summed E-state index contributed by atoms with van der Waals surface area (Å²) in [6.45, 7) is 9.55. The average Bonchev–Trinajstić information content (AvgIpc) is 2.62. The van der Waals surface area contributed by atoms with E-state index in [-0.39, 0.29) is 0 Å². The number of hydrogen-bond acceptors (Lipinski definition) is 2. The van der Waals surface area contributed by atoms with Crippen LogP contribution >= 0.6 is 0 Å². The third-order valence-electron chi connectivity index (χ3n) is 3.01. The molecule has 2 nitrogen and oxygen atoms in total. The fourth-order valence-corrected chi connectivity index (χ4v) is 2.28. The van der Waals surface area contributed by atoms with Gasteiger partial charge in [0.2, 0.25) is 0 Å². The van der Waals surface area contributed by atoms with Gasteiger partial charge in [-0.15, -0.1) is 0 Å². The molecule has 2 rings (SSSR count). The van der Waals surface area contributed by atoms with Crippen LogP contribution in [0.2, 0.25) is 0 Å². The zero-order valence-electron chi connectivity index (χ0n) is 9.12. The highest BCUT2D eigenvalue weighted by Crippen LogP contribution is 2.28. The molecule has 0 saturated carbocycles. The minimum Gasteiger partial charge on any atom is -0.381 e. The Hall–Kier alpha value is -0.520. The molecule has 0 aromatic carbocycles. The zero-order valence-corrected chi connectivity index (χ0v) is 9.12. The standard InChI is InChI=1S/C12H19NO/c1-10(2)4-3-5-13-6-11-8-14-9-12(11)7-13/h10-12H,5-9H2,1-2H3. The number of hydrogen-bond donors (Lipinski definition) is 0. The smallest absolute Gasteiger partial charge is 0.0601 e. The van der Waals surface area contributed by atoms with Crippen LogP contribution in [0.1, 0.15) is 13.8 Å². The number of ether oxygens (including phenoxy) is 1. The van der Waals surface area contributed by atoms with Gasteiger partial charge in [0.25, 0.3) is 0 Å². The van der Waals surface area contributed by atoms with Gasteiger partial charge in [-0.2, -0.15) is 0 Å². The first-order valence-electron chi connectivity index (χ1n) is 5.54. The summed E-state index contributed by atoms with van der Waals surface area (Å²) in [7, 11) is 0. The van der Waals surface area contributed by atoms with Crippen molar-refractivity contribution in [2.24, 2.45) is 17.8 Å². The van der Waals surface area contributed by atoms with Crippen LogP contribution in [0.25, 0.3) is 0 Å². The Morgan fingerprint density at radius 3 is 2.50 bits per heavy atom. The van der Waals surface area contributed by atoms with E-state index in [2.05, 4.69) is 30.6 Å². The minimum atomic E-state index is 0.500. The summed E-state index contributed by atoms with van der Waals surface area (Å²) in [5.41, 5.74) is 0. The molecule has 2 fully saturated rings. The number of fused-ring (bicyclic) bond motifs is 1. The SMILES string of the molecule is CC(C)C#CCN1CC2COCC2C1. The van der Waals surface area contributed by atoms with Crippen molar-refractivity contribution in [2.75, 3.05) is 32.8 Å². The van der Waals surface area contributed by atoms with Crippen molar-refractivity contribution in [3.05, 3.63) is 0 Å². The van der Waals surface area contributed by atoms with E-state index in [9.17, 15) is 0 Å². The molecule has 2 saturated heterocycles. The molecule has 2 heterocycles. The van der Waals surface area contributed by atoms with Crippen LogP contribution in [-0.2, 0) is 4.74 Å². The van der Waals surface area contributed by atoms with E-state index in [0.29, 0.717) is 5.92 Å². The molecule has 0 spiro atoms. The van der Waals surface area contributed by atoms with Crippen LogP contribution in [0.4, 0.5) is 0 Å². The summed E-state index contributed by atoms with van der Waals surface area (Å²) in [5.74, 6) is 8.54. The molecule has 2 aliphatic rings. The molecule has 0 aliphatic carbocycles. The monoisotopic (exact) mass is 193 g/mol. The van der Waals surface area contributed by atoms with Gasteiger partial charge in [-0.25, -0.2) is 0 Å². The fourth-order valence-electron chi connectivity index (χ4n) is 2.28. The second-order valence-corrected chi connectivity index (χ2v) is 4.73. The van der Waals surface area contributed by atoms with Crippen molar-refractivity contribution in [3.63, 3.8) is 0 Å². The van der Waals surface area contributed by atoms with E-state index < -0.39 is 0 Å². The van der Waals surface area contributed by atoms with Gasteiger partial charge in [-0.05, 0) is 0 Å². The van der Waals surface area contributed by atoms with Crippen molar-refractivity contribution >= 4 is 0 Å². The van der Waals surface area contributed by atoms with Gasteiger partial charge in [0.15, 0.2) is 0 Å². The highest BCUT2D eigenvalue weighted by atomic mass is 16.5. The maximum absolute atomic E-state index is 5.44. The lowest BCUT2D eigenvalue weighted by molar-refractivity contribution is 0.158. The third-order valence-corrected chi connectivity index (χ3v) is 3.01. The Bertz CT molecular complexity index is 239. The summed E-state index contributed by atoms with van der Waals surface area (Å²) >= 11 is 0. The molecular weight excluding hydrogens is 174 g/mol. The van der Waals surface area contributed by atoms with Crippen molar-refractivity contribution < 1.29 is 4.74 Å². The van der Waals surface area contributed by atoms with Crippen LogP contribution in [0.3, 0.4) is 0 Å². The molecule has 78 valence electrons. The number of likely N-dealkylation sites (tertiary alicyclic amines) is 1. The first-order chi connectivity index (χ1) is 6.75. The van der Waals surface area contributed by atoms with Crippen molar-refractivity contribution in [2.45, 2.75) is 13.8 Å². The largest absolute Gasteiger partial charge is 0.381 e. The summed E-state index contributed by atoms with van der Waals surface area (Å²) in [6, 6.07) is 0. The summed E-state index contributed by atoms with van der Waals surface area (Å²) in [5, 5.41) is 0. The molecule has 2 aliphatic heterocycles. The molecule has 0 aromatic heterocycles. The van der Waals surface area contributed by atoms with E-state index in [1.165, 1.54) is 13.1 Å². The molecule has 2 heteroatoms. The Morgan fingerprint density at radius 1 is 1.29 bits per heavy atom. The Kier molecular flexibility index (Phi) is 3.10. The molecule has 0 radical (unpaired) electrons. The normalized spacial score (nSPS) is 31.6. The van der Waals surface area contributed by atoms with Crippen LogP contribution in [0.15, 0.2) is 0 Å². The van der Waals surface area contributed by atoms with Crippen LogP contribution < -0.4 is 0 Å². The number of nitrogens with zero attached hydrogens (tertiary/aromatic N) is 1. The van der Waals surface area contributed by atoms with Gasteiger partial charge in [0.05, 0.1) is 19.8 Å². The van der Waals surface area contributed by atoms with Gasteiger partial charge in [-0.3, -0.25) is 4.90 Å². The molecule has 14 heavy (non-hydrogen) atoms. The van der Waals surface area contributed by atoms with E-state index in [1.54, 1.807) is 0 Å². The highest BCUT2D eigenvalue weighted by molar-refractivity contribution is 5.04.